The molecule has 6 heteroatoms. The molecule has 2 aromatic heterocycles. The van der Waals surface area contributed by atoms with Crippen molar-refractivity contribution in [2.45, 2.75) is 0 Å². The quantitative estimate of drug-likeness (QED) is 0.906. The fraction of sp³-hybridized carbons (Fsp3) is 0.385. The van der Waals surface area contributed by atoms with E-state index >= 15 is 0 Å². The third kappa shape index (κ3) is 2.31. The number of methoxy groups -OCH3 is 1. The van der Waals surface area contributed by atoms with Crippen molar-refractivity contribution in [2.24, 2.45) is 0 Å². The van der Waals surface area contributed by atoms with Gasteiger partial charge in [0.1, 0.15) is 5.52 Å². The fourth-order valence-electron chi connectivity index (χ4n) is 2.32. The minimum Gasteiger partial charge on any atom is -0.481 e. The molecule has 5 nitrogen and oxygen atoms in total. The molecule has 1 N–H and O–H groups in total. The Morgan fingerprint density at radius 2 is 2.11 bits per heavy atom. The molecule has 0 radical (unpaired) electrons. The third-order valence-electron chi connectivity index (χ3n) is 3.26. The van der Waals surface area contributed by atoms with Crippen LogP contribution in [0.4, 0.5) is 5.69 Å². The van der Waals surface area contributed by atoms with Gasteiger partial charge in [-0.25, -0.2) is 4.98 Å². The highest BCUT2D eigenvalue weighted by atomic mass is 35.5. The van der Waals surface area contributed by atoms with Crippen molar-refractivity contribution in [3.8, 4) is 5.88 Å². The van der Waals surface area contributed by atoms with E-state index in [2.05, 4.69) is 20.2 Å². The van der Waals surface area contributed by atoms with E-state index in [0.717, 1.165) is 42.9 Å². The van der Waals surface area contributed by atoms with E-state index in [1.165, 1.54) is 0 Å². The van der Waals surface area contributed by atoms with Crippen molar-refractivity contribution in [3.63, 3.8) is 0 Å². The van der Waals surface area contributed by atoms with Gasteiger partial charge < -0.3 is 15.0 Å². The summed E-state index contributed by atoms with van der Waals surface area (Å²) in [6, 6.07) is 3.72. The Hall–Kier alpha value is -1.59. The molecular formula is C13H15ClN4O. The van der Waals surface area contributed by atoms with E-state index in [0.29, 0.717) is 10.9 Å². The molecule has 0 aliphatic carbocycles. The Morgan fingerprint density at radius 3 is 2.84 bits per heavy atom. The predicted octanol–water partition coefficient (Wildman–Crippen LogP) is 1.70. The van der Waals surface area contributed by atoms with Crippen molar-refractivity contribution in [1.82, 2.24) is 15.3 Å². The van der Waals surface area contributed by atoms with Gasteiger partial charge in [0.2, 0.25) is 5.88 Å². The van der Waals surface area contributed by atoms with Crippen LogP contribution >= 0.6 is 11.6 Å². The van der Waals surface area contributed by atoms with Crippen LogP contribution in [0.1, 0.15) is 0 Å². The zero-order valence-corrected chi connectivity index (χ0v) is 11.4. The molecule has 0 spiro atoms. The Bertz CT molecular complexity index is 598. The molecule has 3 rings (SSSR count). The second-order valence-corrected chi connectivity index (χ2v) is 4.82. The van der Waals surface area contributed by atoms with Gasteiger partial charge in [-0.05, 0) is 6.07 Å². The molecule has 1 saturated heterocycles. The zero-order chi connectivity index (χ0) is 13.2. The van der Waals surface area contributed by atoms with E-state index in [1.54, 1.807) is 13.3 Å². The van der Waals surface area contributed by atoms with Gasteiger partial charge in [-0.1, -0.05) is 11.6 Å². The maximum atomic E-state index is 6.33. The molecule has 19 heavy (non-hydrogen) atoms. The lowest BCUT2D eigenvalue weighted by molar-refractivity contribution is 0.399. The summed E-state index contributed by atoms with van der Waals surface area (Å²) < 4.78 is 5.19. The highest BCUT2D eigenvalue weighted by molar-refractivity contribution is 6.34. The highest BCUT2D eigenvalue weighted by Gasteiger charge is 2.18. The van der Waals surface area contributed by atoms with Crippen molar-refractivity contribution < 1.29 is 4.74 Å². The number of hydrogen-bond donors (Lipinski definition) is 1. The van der Waals surface area contributed by atoms with Crippen LogP contribution in [0.25, 0.3) is 11.0 Å². The van der Waals surface area contributed by atoms with Crippen LogP contribution in [0.3, 0.4) is 0 Å². The van der Waals surface area contributed by atoms with Crippen molar-refractivity contribution in [2.75, 3.05) is 38.2 Å². The summed E-state index contributed by atoms with van der Waals surface area (Å²) in [7, 11) is 1.61. The van der Waals surface area contributed by atoms with Crippen molar-refractivity contribution in [3.05, 3.63) is 23.4 Å². The number of ether oxygens (including phenoxy) is 1. The Kier molecular flexibility index (Phi) is 3.40. The van der Waals surface area contributed by atoms with Gasteiger partial charge in [-0.2, -0.15) is 0 Å². The average Bonchev–Trinajstić information content (AvgIpc) is 2.47. The molecule has 100 valence electrons. The van der Waals surface area contributed by atoms with Gasteiger partial charge in [0.05, 0.1) is 23.3 Å². The van der Waals surface area contributed by atoms with Gasteiger partial charge in [-0.15, -0.1) is 0 Å². The lowest BCUT2D eigenvalue weighted by Gasteiger charge is -2.30. The number of nitrogens with zero attached hydrogens (tertiary/aromatic N) is 3. The van der Waals surface area contributed by atoms with E-state index < -0.39 is 0 Å². The lowest BCUT2D eigenvalue weighted by atomic mass is 10.2. The Morgan fingerprint density at radius 1 is 1.32 bits per heavy atom. The van der Waals surface area contributed by atoms with Crippen molar-refractivity contribution in [1.29, 1.82) is 0 Å². The van der Waals surface area contributed by atoms with Gasteiger partial charge in [0.25, 0.3) is 0 Å². The number of aromatic nitrogens is 2. The van der Waals surface area contributed by atoms with Crippen LogP contribution in [-0.2, 0) is 0 Å². The minimum absolute atomic E-state index is 0.577. The molecule has 0 atom stereocenters. The van der Waals surface area contributed by atoms with Gasteiger partial charge >= 0.3 is 0 Å². The first-order valence-electron chi connectivity index (χ1n) is 6.24. The highest BCUT2D eigenvalue weighted by Crippen LogP contribution is 2.32. The number of nitrogens with one attached hydrogen (secondary N) is 1. The minimum atomic E-state index is 0.577. The maximum Gasteiger partial charge on any atom is 0.213 e. The summed E-state index contributed by atoms with van der Waals surface area (Å²) in [6.45, 7) is 3.73. The molecule has 3 heterocycles. The van der Waals surface area contributed by atoms with E-state index in [9.17, 15) is 0 Å². The number of hydrogen-bond acceptors (Lipinski definition) is 5. The zero-order valence-electron chi connectivity index (χ0n) is 10.7. The number of piperazine rings is 1. The number of anilines is 1. The smallest absolute Gasteiger partial charge is 0.213 e. The van der Waals surface area contributed by atoms with Crippen LogP contribution in [0.2, 0.25) is 5.02 Å². The summed E-state index contributed by atoms with van der Waals surface area (Å²) >= 11 is 6.33. The molecule has 0 amide bonds. The Labute approximate surface area is 116 Å². The maximum absolute atomic E-state index is 6.33. The van der Waals surface area contributed by atoms with E-state index in [4.69, 9.17) is 16.3 Å². The largest absolute Gasteiger partial charge is 0.481 e. The monoisotopic (exact) mass is 278 g/mol. The summed E-state index contributed by atoms with van der Waals surface area (Å²) in [4.78, 5) is 11.1. The van der Waals surface area contributed by atoms with Gasteiger partial charge in [-0.3, -0.25) is 4.98 Å². The van der Waals surface area contributed by atoms with Crippen LogP contribution < -0.4 is 15.0 Å². The second-order valence-electron chi connectivity index (χ2n) is 4.41. The first-order chi connectivity index (χ1) is 9.29. The molecule has 0 saturated carbocycles. The Balaban J connectivity index is 2.16. The molecule has 1 aliphatic heterocycles. The third-order valence-corrected chi connectivity index (χ3v) is 3.53. The fourth-order valence-corrected chi connectivity index (χ4v) is 2.57. The SMILES string of the molecule is COc1ccc2ncc(Cl)c(N3CCNCC3)c2n1. The predicted molar refractivity (Wildman–Crippen MR) is 76.2 cm³/mol. The summed E-state index contributed by atoms with van der Waals surface area (Å²) in [5.74, 6) is 0.577. The normalized spacial score (nSPS) is 15.8. The average molecular weight is 279 g/mol. The topological polar surface area (TPSA) is 50.3 Å². The summed E-state index contributed by atoms with van der Waals surface area (Å²) in [5.41, 5.74) is 2.58. The molecule has 0 unspecified atom stereocenters. The van der Waals surface area contributed by atoms with Crippen LogP contribution in [0.5, 0.6) is 5.88 Å². The molecule has 2 aromatic rings. The number of halogens is 1. The van der Waals surface area contributed by atoms with Crippen LogP contribution in [0.15, 0.2) is 18.3 Å². The molecule has 0 bridgehead atoms. The first kappa shape index (κ1) is 12.4. The van der Waals surface area contributed by atoms with E-state index in [1.807, 2.05) is 12.1 Å². The van der Waals surface area contributed by atoms with Crippen LogP contribution in [-0.4, -0.2) is 43.3 Å². The summed E-state index contributed by atoms with van der Waals surface area (Å²) in [5, 5.41) is 3.96. The first-order valence-corrected chi connectivity index (χ1v) is 6.62. The van der Waals surface area contributed by atoms with Crippen LogP contribution in [0, 0.1) is 0 Å². The number of pyridine rings is 2. The van der Waals surface area contributed by atoms with Crippen molar-refractivity contribution >= 4 is 28.3 Å². The molecule has 1 fully saturated rings. The molecular weight excluding hydrogens is 264 g/mol. The number of fused-ring (bicyclic) bond motifs is 1. The van der Waals surface area contributed by atoms with Gasteiger partial charge in [0, 0.05) is 38.4 Å². The molecule has 0 aromatic carbocycles. The number of rotatable bonds is 2. The lowest BCUT2D eigenvalue weighted by Crippen LogP contribution is -2.43. The van der Waals surface area contributed by atoms with Gasteiger partial charge in [0.15, 0.2) is 0 Å². The second kappa shape index (κ2) is 5.19. The standard InChI is InChI=1S/C13H15ClN4O/c1-19-11-3-2-10-12(17-11)13(9(14)8-16-10)18-6-4-15-5-7-18/h2-3,8,15H,4-7H2,1H3. The molecule has 1 aliphatic rings. The summed E-state index contributed by atoms with van der Waals surface area (Å²) in [6.07, 6.45) is 1.69. The van der Waals surface area contributed by atoms with E-state index in [-0.39, 0.29) is 0 Å².